The van der Waals surface area contributed by atoms with Crippen molar-refractivity contribution >= 4 is 6.08 Å². The van der Waals surface area contributed by atoms with E-state index >= 15 is 0 Å². The van der Waals surface area contributed by atoms with Crippen molar-refractivity contribution in [3.05, 3.63) is 75.9 Å². The van der Waals surface area contributed by atoms with E-state index in [1.807, 2.05) is 0 Å². The number of rotatable bonds is 2. The lowest BCUT2D eigenvalue weighted by Crippen LogP contribution is -1.96. The SMILES string of the molecule is CC1=Cc2c(Cc3ccccc3)ccc(C)c2C1. The van der Waals surface area contributed by atoms with Gasteiger partial charge in [-0.2, -0.15) is 0 Å². The molecular formula is C18H18. The summed E-state index contributed by atoms with van der Waals surface area (Å²) in [6.07, 6.45) is 4.53. The van der Waals surface area contributed by atoms with Crippen molar-refractivity contribution in [3.8, 4) is 0 Å². The molecular weight excluding hydrogens is 216 g/mol. The highest BCUT2D eigenvalue weighted by atomic mass is 14.2. The maximum Gasteiger partial charge on any atom is -0.00197 e. The molecule has 1 aliphatic carbocycles. The Balaban J connectivity index is 2.02. The topological polar surface area (TPSA) is 0 Å². The molecule has 0 bridgehead atoms. The van der Waals surface area contributed by atoms with Crippen molar-refractivity contribution in [1.29, 1.82) is 0 Å². The second-order valence-corrected chi connectivity index (χ2v) is 5.26. The summed E-state index contributed by atoms with van der Waals surface area (Å²) in [6.45, 7) is 4.45. The van der Waals surface area contributed by atoms with Gasteiger partial charge in [0.1, 0.15) is 0 Å². The van der Waals surface area contributed by atoms with Crippen molar-refractivity contribution in [1.82, 2.24) is 0 Å². The van der Waals surface area contributed by atoms with Crippen molar-refractivity contribution in [2.45, 2.75) is 26.7 Å². The fourth-order valence-electron chi connectivity index (χ4n) is 2.78. The number of hydrogen-bond acceptors (Lipinski definition) is 0. The fourth-order valence-corrected chi connectivity index (χ4v) is 2.78. The van der Waals surface area contributed by atoms with Gasteiger partial charge in [0.15, 0.2) is 0 Å². The van der Waals surface area contributed by atoms with Gasteiger partial charge in [-0.3, -0.25) is 0 Å². The molecule has 0 aromatic heterocycles. The smallest absolute Gasteiger partial charge is 0.00197 e. The largest absolute Gasteiger partial charge is 0.0683 e. The third kappa shape index (κ3) is 1.99. The zero-order valence-corrected chi connectivity index (χ0v) is 11.0. The Labute approximate surface area is 109 Å². The predicted molar refractivity (Wildman–Crippen MR) is 77.8 cm³/mol. The van der Waals surface area contributed by atoms with Gasteiger partial charge < -0.3 is 0 Å². The van der Waals surface area contributed by atoms with Crippen LogP contribution < -0.4 is 0 Å². The number of fused-ring (bicyclic) bond motifs is 1. The minimum absolute atomic E-state index is 1.03. The number of aryl methyl sites for hydroxylation is 1. The highest BCUT2D eigenvalue weighted by Gasteiger charge is 2.15. The Morgan fingerprint density at radius 1 is 0.944 bits per heavy atom. The molecule has 0 atom stereocenters. The summed E-state index contributed by atoms with van der Waals surface area (Å²) in [4.78, 5) is 0. The van der Waals surface area contributed by atoms with Crippen molar-refractivity contribution < 1.29 is 0 Å². The Hall–Kier alpha value is -1.82. The third-order valence-corrected chi connectivity index (χ3v) is 3.77. The summed E-state index contributed by atoms with van der Waals surface area (Å²) in [5, 5.41) is 0. The molecule has 90 valence electrons. The molecule has 18 heavy (non-hydrogen) atoms. The van der Waals surface area contributed by atoms with Crippen LogP contribution in [-0.2, 0) is 12.8 Å². The molecule has 0 N–H and O–H groups in total. The zero-order chi connectivity index (χ0) is 12.5. The van der Waals surface area contributed by atoms with Gasteiger partial charge >= 0.3 is 0 Å². The van der Waals surface area contributed by atoms with Crippen LogP contribution in [0.1, 0.15) is 34.7 Å². The summed E-state index contributed by atoms with van der Waals surface area (Å²) in [5.41, 5.74) is 8.75. The Kier molecular flexibility index (Phi) is 2.79. The second kappa shape index (κ2) is 4.45. The van der Waals surface area contributed by atoms with Crippen LogP contribution in [0.3, 0.4) is 0 Å². The van der Waals surface area contributed by atoms with Crippen molar-refractivity contribution in [2.75, 3.05) is 0 Å². The van der Waals surface area contributed by atoms with Crippen LogP contribution in [0.5, 0.6) is 0 Å². The zero-order valence-electron chi connectivity index (χ0n) is 11.0. The molecule has 0 heteroatoms. The molecule has 0 fully saturated rings. The van der Waals surface area contributed by atoms with E-state index in [2.05, 4.69) is 62.4 Å². The average Bonchev–Trinajstić information content (AvgIpc) is 2.77. The first-order valence-corrected chi connectivity index (χ1v) is 6.56. The molecule has 0 amide bonds. The van der Waals surface area contributed by atoms with Gasteiger partial charge in [0.25, 0.3) is 0 Å². The number of hydrogen-bond donors (Lipinski definition) is 0. The van der Waals surface area contributed by atoms with E-state index in [0.29, 0.717) is 0 Å². The molecule has 0 heterocycles. The van der Waals surface area contributed by atoms with E-state index < -0.39 is 0 Å². The highest BCUT2D eigenvalue weighted by molar-refractivity contribution is 5.68. The molecule has 0 unspecified atom stereocenters. The highest BCUT2D eigenvalue weighted by Crippen LogP contribution is 2.31. The molecule has 0 saturated carbocycles. The maximum atomic E-state index is 2.36. The van der Waals surface area contributed by atoms with Gasteiger partial charge in [-0.1, -0.05) is 54.1 Å². The maximum absolute atomic E-state index is 2.36. The summed E-state index contributed by atoms with van der Waals surface area (Å²) in [7, 11) is 0. The van der Waals surface area contributed by atoms with Gasteiger partial charge in [-0.05, 0) is 54.5 Å². The van der Waals surface area contributed by atoms with Crippen LogP contribution in [0, 0.1) is 6.92 Å². The fraction of sp³-hybridized carbons (Fsp3) is 0.222. The summed E-state index contributed by atoms with van der Waals surface area (Å²) in [6, 6.07) is 15.3. The van der Waals surface area contributed by atoms with Crippen molar-refractivity contribution in [2.24, 2.45) is 0 Å². The molecule has 0 radical (unpaired) electrons. The van der Waals surface area contributed by atoms with E-state index in [4.69, 9.17) is 0 Å². The monoisotopic (exact) mass is 234 g/mol. The lowest BCUT2D eigenvalue weighted by atomic mass is 9.94. The minimum atomic E-state index is 1.03. The molecule has 0 aliphatic heterocycles. The lowest BCUT2D eigenvalue weighted by molar-refractivity contribution is 1.12. The van der Waals surface area contributed by atoms with Crippen LogP contribution in [0.25, 0.3) is 6.08 Å². The van der Waals surface area contributed by atoms with E-state index in [0.717, 1.165) is 12.8 Å². The Morgan fingerprint density at radius 2 is 1.72 bits per heavy atom. The standard InChI is InChI=1S/C18H18/c1-13-10-17-14(2)8-9-16(18(17)11-13)12-15-6-4-3-5-7-15/h3-9,11H,10,12H2,1-2H3. The van der Waals surface area contributed by atoms with Gasteiger partial charge in [0.05, 0.1) is 0 Å². The Bertz CT molecular complexity index is 603. The third-order valence-electron chi connectivity index (χ3n) is 3.77. The number of benzene rings is 2. The molecule has 2 aromatic carbocycles. The first-order valence-electron chi connectivity index (χ1n) is 6.56. The van der Waals surface area contributed by atoms with Crippen LogP contribution in [0.4, 0.5) is 0 Å². The minimum Gasteiger partial charge on any atom is -0.0683 e. The average molecular weight is 234 g/mol. The van der Waals surface area contributed by atoms with Crippen LogP contribution in [-0.4, -0.2) is 0 Å². The van der Waals surface area contributed by atoms with Crippen molar-refractivity contribution in [3.63, 3.8) is 0 Å². The molecule has 3 rings (SSSR count). The molecule has 0 spiro atoms. The number of allylic oxidation sites excluding steroid dienone is 1. The first kappa shape index (κ1) is 11.3. The predicted octanol–water partition coefficient (Wildman–Crippen LogP) is 4.55. The van der Waals surface area contributed by atoms with Gasteiger partial charge in [0.2, 0.25) is 0 Å². The Morgan fingerprint density at radius 3 is 2.50 bits per heavy atom. The van der Waals surface area contributed by atoms with Crippen LogP contribution in [0.15, 0.2) is 48.0 Å². The summed E-state index contributed by atoms with van der Waals surface area (Å²) in [5.74, 6) is 0. The van der Waals surface area contributed by atoms with Gasteiger partial charge in [0, 0.05) is 0 Å². The quantitative estimate of drug-likeness (QED) is 0.715. The first-order chi connectivity index (χ1) is 8.74. The second-order valence-electron chi connectivity index (χ2n) is 5.26. The molecule has 1 aliphatic rings. The van der Waals surface area contributed by atoms with Gasteiger partial charge in [-0.25, -0.2) is 0 Å². The van der Waals surface area contributed by atoms with E-state index in [9.17, 15) is 0 Å². The van der Waals surface area contributed by atoms with Gasteiger partial charge in [-0.15, -0.1) is 0 Å². The summed E-state index contributed by atoms with van der Waals surface area (Å²) < 4.78 is 0. The molecule has 0 nitrogen and oxygen atoms in total. The van der Waals surface area contributed by atoms with E-state index in [1.165, 1.54) is 33.4 Å². The van der Waals surface area contributed by atoms with Crippen LogP contribution >= 0.6 is 0 Å². The van der Waals surface area contributed by atoms with E-state index in [1.54, 1.807) is 0 Å². The van der Waals surface area contributed by atoms with Crippen LogP contribution in [0.2, 0.25) is 0 Å². The van der Waals surface area contributed by atoms with E-state index in [-0.39, 0.29) is 0 Å². The molecule has 2 aromatic rings. The molecule has 0 saturated heterocycles. The normalized spacial score (nSPS) is 13.3. The lowest BCUT2D eigenvalue weighted by Gasteiger charge is -2.10. The summed E-state index contributed by atoms with van der Waals surface area (Å²) >= 11 is 0.